The molecule has 29 heavy (non-hydrogen) atoms. The van der Waals surface area contributed by atoms with Gasteiger partial charge in [0.05, 0.1) is 12.7 Å². The van der Waals surface area contributed by atoms with Gasteiger partial charge in [0.1, 0.15) is 19.9 Å². The van der Waals surface area contributed by atoms with E-state index >= 15 is 0 Å². The quantitative estimate of drug-likeness (QED) is 0.0923. The van der Waals surface area contributed by atoms with E-state index in [2.05, 4.69) is 33.9 Å². The number of phosphoric acid groups is 3. The average molecular weight is 516 g/mol. The summed E-state index contributed by atoms with van der Waals surface area (Å²) in [5.41, 5.74) is 0. The summed E-state index contributed by atoms with van der Waals surface area (Å²) in [6, 6.07) is -0.709. The molecule has 1 fully saturated rings. The Bertz CT molecular complexity index is 675. The first-order valence-corrected chi connectivity index (χ1v) is 15.0. The van der Waals surface area contributed by atoms with Crippen molar-refractivity contribution in [3.05, 3.63) is 0 Å². The van der Waals surface area contributed by atoms with Crippen LogP contribution in [-0.2, 0) is 36.3 Å². The Morgan fingerprint density at radius 2 is 1.76 bits per heavy atom. The van der Waals surface area contributed by atoms with Gasteiger partial charge in [-0.3, -0.25) is 4.52 Å². The molecule has 1 aliphatic heterocycles. The van der Waals surface area contributed by atoms with Crippen LogP contribution in [0.15, 0.2) is 0 Å². The molecule has 0 aromatic heterocycles. The first-order valence-electron chi connectivity index (χ1n) is 8.16. The lowest BCUT2D eigenvalue weighted by Gasteiger charge is -2.23. The second-order valence-electron chi connectivity index (χ2n) is 6.47. The topological polar surface area (TPSA) is 178 Å². The van der Waals surface area contributed by atoms with Gasteiger partial charge in [0.2, 0.25) is 0 Å². The molecule has 0 aliphatic carbocycles. The van der Waals surface area contributed by atoms with Crippen LogP contribution in [-0.4, -0.2) is 62.9 Å². The molecule has 1 saturated heterocycles. The summed E-state index contributed by atoms with van der Waals surface area (Å²) in [6.07, 6.45) is -0.202. The van der Waals surface area contributed by atoms with Crippen LogP contribution in [0.3, 0.4) is 0 Å². The van der Waals surface area contributed by atoms with Crippen LogP contribution in [0.5, 0.6) is 0 Å². The van der Waals surface area contributed by atoms with E-state index in [1.54, 1.807) is 10.8 Å². The van der Waals surface area contributed by atoms with Gasteiger partial charge in [-0.1, -0.05) is 28.5 Å². The summed E-state index contributed by atoms with van der Waals surface area (Å²) in [6.45, 7) is 5.65. The molecule has 0 bridgehead atoms. The van der Waals surface area contributed by atoms with Crippen LogP contribution in [0, 0.1) is 0 Å². The molecule has 2 radical (unpaired) electrons. The maximum atomic E-state index is 11.8. The van der Waals surface area contributed by atoms with Crippen molar-refractivity contribution in [3.63, 3.8) is 0 Å². The molecule has 0 spiro atoms. The lowest BCUT2D eigenvalue weighted by Crippen LogP contribution is -2.29. The van der Waals surface area contributed by atoms with Crippen LogP contribution in [0.25, 0.3) is 0 Å². The fourth-order valence-electron chi connectivity index (χ4n) is 1.90. The van der Waals surface area contributed by atoms with Crippen molar-refractivity contribution in [2.24, 2.45) is 0 Å². The van der Waals surface area contributed by atoms with Gasteiger partial charge < -0.3 is 29.0 Å². The summed E-state index contributed by atoms with van der Waals surface area (Å²) in [7, 11) is -7.43. The molecule has 2 unspecified atom stereocenters. The predicted octanol–water partition coefficient (Wildman–Crippen LogP) is 2.53. The van der Waals surface area contributed by atoms with Crippen molar-refractivity contribution in [2.45, 2.75) is 56.6 Å². The van der Waals surface area contributed by atoms with E-state index in [1.807, 2.05) is 0 Å². The van der Waals surface area contributed by atoms with Crippen molar-refractivity contribution in [3.8, 4) is 0 Å². The van der Waals surface area contributed by atoms with Gasteiger partial charge in [0.15, 0.2) is 0 Å². The summed E-state index contributed by atoms with van der Waals surface area (Å²) < 4.78 is 56.6. The Labute approximate surface area is 178 Å². The minimum atomic E-state index is -5.57. The van der Waals surface area contributed by atoms with Crippen LogP contribution in [0.1, 0.15) is 33.6 Å². The summed E-state index contributed by atoms with van der Waals surface area (Å²) in [4.78, 5) is 35.6. The summed E-state index contributed by atoms with van der Waals surface area (Å²) >= 11 is 0. The predicted molar refractivity (Wildman–Crippen MR) is 108 cm³/mol. The van der Waals surface area contributed by atoms with Crippen LogP contribution >= 0.6 is 45.1 Å². The van der Waals surface area contributed by atoms with Crippen molar-refractivity contribution in [2.75, 3.05) is 12.5 Å². The normalized spacial score (nSPS) is 27.5. The highest BCUT2D eigenvalue weighted by atomic mass is 33.1. The zero-order valence-electron chi connectivity index (χ0n) is 15.9. The average Bonchev–Trinajstić information content (AvgIpc) is 2.86. The molecular weight excluding hydrogens is 492 g/mol. The lowest BCUT2D eigenvalue weighted by molar-refractivity contribution is -0.0237. The van der Waals surface area contributed by atoms with Crippen molar-refractivity contribution >= 4 is 52.9 Å². The molecule has 0 aromatic carbocycles. The molecule has 5 atom stereocenters. The molecule has 1 aliphatic rings. The first kappa shape index (κ1) is 28.1. The van der Waals surface area contributed by atoms with E-state index < -0.39 is 48.3 Å². The van der Waals surface area contributed by atoms with Gasteiger partial charge in [0, 0.05) is 10.8 Å². The standard InChI is InChI=1S/C11H24BO12P3S2/c1-4-11(2,3)29-28-7-20-8-5-10(12)22-9(8)6-21-26(16,17)24-27(18,19)23-25(13,14)15/h8-10H,4-7H2,1-3H3,(H,16,17)(H,18,19)(H2,13,14,15)/t8-,9-,10-/m1/s1. The van der Waals surface area contributed by atoms with E-state index in [9.17, 15) is 18.6 Å². The van der Waals surface area contributed by atoms with Gasteiger partial charge in [-0.05, 0) is 26.7 Å². The highest BCUT2D eigenvalue weighted by Gasteiger charge is 2.42. The van der Waals surface area contributed by atoms with Gasteiger partial charge in [-0.2, -0.15) is 8.62 Å². The Balaban J connectivity index is 2.54. The molecular formula is C11H24BO12P3S2. The maximum absolute atomic E-state index is 11.8. The van der Waals surface area contributed by atoms with Crippen LogP contribution < -0.4 is 0 Å². The monoisotopic (exact) mass is 516 g/mol. The first-order chi connectivity index (χ1) is 13.0. The fourth-order valence-corrected chi connectivity index (χ4v) is 7.27. The van der Waals surface area contributed by atoms with Crippen LogP contribution in [0.2, 0.25) is 0 Å². The molecule has 0 saturated carbocycles. The molecule has 170 valence electrons. The van der Waals surface area contributed by atoms with Gasteiger partial charge in [-0.15, -0.1) is 0 Å². The molecule has 0 amide bonds. The third-order valence-electron chi connectivity index (χ3n) is 3.51. The molecule has 12 nitrogen and oxygen atoms in total. The van der Waals surface area contributed by atoms with Crippen molar-refractivity contribution in [1.29, 1.82) is 0 Å². The van der Waals surface area contributed by atoms with E-state index in [-0.39, 0.29) is 11.2 Å². The largest absolute Gasteiger partial charge is 0.490 e. The summed E-state index contributed by atoms with van der Waals surface area (Å²) in [5.74, 6) is 0.292. The van der Waals surface area contributed by atoms with E-state index in [4.69, 9.17) is 32.0 Å². The number of ether oxygens (including phenoxy) is 2. The summed E-state index contributed by atoms with van der Waals surface area (Å²) in [5, 5.41) is 0. The highest BCUT2D eigenvalue weighted by molar-refractivity contribution is 8.77. The third kappa shape index (κ3) is 12.1. The zero-order valence-corrected chi connectivity index (χ0v) is 20.2. The number of hydrogen-bond acceptors (Lipinski definition) is 10. The van der Waals surface area contributed by atoms with Gasteiger partial charge >= 0.3 is 23.5 Å². The minimum Gasteiger partial charge on any atom is -0.380 e. The van der Waals surface area contributed by atoms with Crippen LogP contribution in [0.4, 0.5) is 0 Å². The van der Waals surface area contributed by atoms with Gasteiger partial charge in [-0.25, -0.2) is 13.7 Å². The lowest BCUT2D eigenvalue weighted by atomic mass is 9.96. The molecule has 0 aromatic rings. The maximum Gasteiger partial charge on any atom is 0.490 e. The highest BCUT2D eigenvalue weighted by Crippen LogP contribution is 2.66. The third-order valence-corrected chi connectivity index (χ3v) is 10.4. The van der Waals surface area contributed by atoms with Crippen molar-refractivity contribution < 1.29 is 55.9 Å². The zero-order chi connectivity index (χ0) is 22.5. The molecule has 1 heterocycles. The van der Waals surface area contributed by atoms with Gasteiger partial charge in [0.25, 0.3) is 0 Å². The Hall–Kier alpha value is 1.09. The van der Waals surface area contributed by atoms with Crippen molar-refractivity contribution in [1.82, 2.24) is 0 Å². The Morgan fingerprint density at radius 1 is 1.14 bits per heavy atom. The SMILES string of the molecule is [B][C@H]1C[C@@H](OCSSC(C)(C)CC)[C@@H](COP(=O)(O)OP(=O)(O)OP(=O)(O)O)O1. The Kier molecular flexibility index (Phi) is 11.0. The Morgan fingerprint density at radius 3 is 2.31 bits per heavy atom. The van der Waals surface area contributed by atoms with E-state index in [0.717, 1.165) is 6.42 Å². The van der Waals surface area contributed by atoms with E-state index in [0.29, 0.717) is 5.94 Å². The number of hydrogen-bond donors (Lipinski definition) is 4. The second-order valence-corrected chi connectivity index (χ2v) is 13.8. The second kappa shape index (κ2) is 11.3. The number of phosphoric ester groups is 1. The van der Waals surface area contributed by atoms with E-state index in [1.165, 1.54) is 10.8 Å². The smallest absolute Gasteiger partial charge is 0.380 e. The molecule has 1 rings (SSSR count). The fraction of sp³-hybridized carbons (Fsp3) is 1.00. The molecule has 18 heteroatoms. The minimum absolute atomic E-state index is 0.0629. The number of rotatable bonds is 13. The molecule has 4 N–H and O–H groups in total.